The van der Waals surface area contributed by atoms with Crippen molar-refractivity contribution in [3.05, 3.63) is 58.9 Å². The molecule has 1 heterocycles. The van der Waals surface area contributed by atoms with Crippen molar-refractivity contribution in [3.8, 4) is 0 Å². The normalized spacial score (nSPS) is 12.6. The highest BCUT2D eigenvalue weighted by Gasteiger charge is 2.08. The third kappa shape index (κ3) is 3.48. The number of benzene rings is 1. The molecule has 1 aromatic carbocycles. The first-order valence-electron chi connectivity index (χ1n) is 7.00. The molecular formula is C17H23NO. The molecule has 1 unspecified atom stereocenters. The van der Waals surface area contributed by atoms with Crippen molar-refractivity contribution in [2.75, 3.05) is 0 Å². The fraction of sp³-hybridized carbons (Fsp3) is 0.412. The van der Waals surface area contributed by atoms with Crippen LogP contribution < -0.4 is 0 Å². The van der Waals surface area contributed by atoms with Crippen LogP contribution in [-0.2, 0) is 6.54 Å². The molecule has 0 spiro atoms. The molecule has 1 N–H and O–H groups in total. The predicted octanol–water partition coefficient (Wildman–Crippen LogP) is 3.99. The summed E-state index contributed by atoms with van der Waals surface area (Å²) in [6, 6.07) is 8.59. The first-order valence-corrected chi connectivity index (χ1v) is 7.00. The molecule has 2 rings (SSSR count). The number of hydrogen-bond donors (Lipinski definition) is 1. The number of rotatable bonds is 5. The average molecular weight is 257 g/mol. The van der Waals surface area contributed by atoms with Crippen LogP contribution in [0.4, 0.5) is 0 Å². The van der Waals surface area contributed by atoms with Crippen LogP contribution in [0.25, 0.3) is 0 Å². The summed E-state index contributed by atoms with van der Waals surface area (Å²) >= 11 is 0. The summed E-state index contributed by atoms with van der Waals surface area (Å²) < 4.78 is 2.14. The molecule has 0 saturated heterocycles. The van der Waals surface area contributed by atoms with Crippen molar-refractivity contribution in [1.29, 1.82) is 0 Å². The maximum atomic E-state index is 9.97. The van der Waals surface area contributed by atoms with Gasteiger partial charge in [-0.15, -0.1) is 0 Å². The van der Waals surface area contributed by atoms with Crippen molar-refractivity contribution >= 4 is 0 Å². The van der Waals surface area contributed by atoms with E-state index in [-0.39, 0.29) is 6.10 Å². The van der Waals surface area contributed by atoms with E-state index in [9.17, 15) is 5.11 Å². The molecule has 1 aromatic heterocycles. The third-order valence-electron chi connectivity index (χ3n) is 3.66. The van der Waals surface area contributed by atoms with E-state index in [1.807, 2.05) is 12.3 Å². The van der Waals surface area contributed by atoms with Crippen LogP contribution in [0.3, 0.4) is 0 Å². The van der Waals surface area contributed by atoms with E-state index in [1.54, 1.807) is 0 Å². The topological polar surface area (TPSA) is 25.2 Å². The minimum Gasteiger partial charge on any atom is -0.388 e. The minimum atomic E-state index is -0.328. The molecule has 0 fully saturated rings. The maximum absolute atomic E-state index is 9.97. The first kappa shape index (κ1) is 13.9. The summed E-state index contributed by atoms with van der Waals surface area (Å²) in [4.78, 5) is 0. The Morgan fingerprint density at radius 1 is 1.16 bits per heavy atom. The lowest BCUT2D eigenvalue weighted by Gasteiger charge is -2.08. The molecule has 2 nitrogen and oxygen atoms in total. The SMILES string of the molecule is CCCC(O)c1ccn(Cc2ccc(C)c(C)c2)c1. The van der Waals surface area contributed by atoms with Gasteiger partial charge in [-0.25, -0.2) is 0 Å². The van der Waals surface area contributed by atoms with Crippen molar-refractivity contribution in [1.82, 2.24) is 4.57 Å². The Morgan fingerprint density at radius 3 is 2.63 bits per heavy atom. The summed E-state index contributed by atoms with van der Waals surface area (Å²) in [7, 11) is 0. The molecule has 0 amide bonds. The number of aliphatic hydroxyl groups excluding tert-OH is 1. The maximum Gasteiger partial charge on any atom is 0.0804 e. The molecule has 0 aliphatic carbocycles. The minimum absolute atomic E-state index is 0.328. The Balaban J connectivity index is 2.09. The van der Waals surface area contributed by atoms with Gasteiger partial charge in [-0.2, -0.15) is 0 Å². The third-order valence-corrected chi connectivity index (χ3v) is 3.66. The van der Waals surface area contributed by atoms with Crippen molar-refractivity contribution in [3.63, 3.8) is 0 Å². The average Bonchev–Trinajstić information content (AvgIpc) is 2.83. The molecule has 0 aliphatic heterocycles. The van der Waals surface area contributed by atoms with Crippen LogP contribution in [0.5, 0.6) is 0 Å². The second-order valence-electron chi connectivity index (χ2n) is 5.34. The Morgan fingerprint density at radius 2 is 1.95 bits per heavy atom. The lowest BCUT2D eigenvalue weighted by atomic mass is 10.1. The van der Waals surface area contributed by atoms with E-state index in [0.29, 0.717) is 0 Å². The van der Waals surface area contributed by atoms with Gasteiger partial charge in [-0.3, -0.25) is 0 Å². The van der Waals surface area contributed by atoms with E-state index in [1.165, 1.54) is 16.7 Å². The lowest BCUT2D eigenvalue weighted by molar-refractivity contribution is 0.166. The van der Waals surface area contributed by atoms with Gasteiger partial charge in [0.2, 0.25) is 0 Å². The van der Waals surface area contributed by atoms with Gasteiger partial charge < -0.3 is 9.67 Å². The number of hydrogen-bond acceptors (Lipinski definition) is 1. The Bertz CT molecular complexity index is 542. The van der Waals surface area contributed by atoms with Gasteiger partial charge >= 0.3 is 0 Å². The highest BCUT2D eigenvalue weighted by molar-refractivity contribution is 5.30. The molecule has 0 saturated carbocycles. The molecule has 19 heavy (non-hydrogen) atoms. The summed E-state index contributed by atoms with van der Waals surface area (Å²) in [6.07, 6.45) is 5.60. The van der Waals surface area contributed by atoms with Crippen molar-refractivity contribution in [2.24, 2.45) is 0 Å². The van der Waals surface area contributed by atoms with Crippen molar-refractivity contribution in [2.45, 2.75) is 46.3 Å². The number of aromatic nitrogens is 1. The monoisotopic (exact) mass is 257 g/mol. The lowest BCUT2D eigenvalue weighted by Crippen LogP contribution is -1.99. The van der Waals surface area contributed by atoms with Crippen molar-refractivity contribution < 1.29 is 5.11 Å². The van der Waals surface area contributed by atoms with Gasteiger partial charge in [0.05, 0.1) is 6.10 Å². The van der Waals surface area contributed by atoms with E-state index in [4.69, 9.17) is 0 Å². The second kappa shape index (κ2) is 6.07. The summed E-state index contributed by atoms with van der Waals surface area (Å²) in [5, 5.41) is 9.97. The summed E-state index contributed by atoms with van der Waals surface area (Å²) in [5.41, 5.74) is 4.98. The Labute approximate surface area is 115 Å². The standard InChI is InChI=1S/C17H23NO/c1-4-5-17(19)16-8-9-18(12-16)11-15-7-6-13(2)14(3)10-15/h6-10,12,17,19H,4-5,11H2,1-3H3. The fourth-order valence-corrected chi connectivity index (χ4v) is 2.31. The molecule has 0 aliphatic rings. The van der Waals surface area contributed by atoms with Gasteiger partial charge in [0.1, 0.15) is 0 Å². The number of aliphatic hydroxyl groups is 1. The smallest absolute Gasteiger partial charge is 0.0804 e. The van der Waals surface area contributed by atoms with Crippen LogP contribution in [0.1, 0.15) is 48.1 Å². The second-order valence-corrected chi connectivity index (χ2v) is 5.34. The quantitative estimate of drug-likeness (QED) is 0.861. The van der Waals surface area contributed by atoms with Gasteiger partial charge in [0.25, 0.3) is 0 Å². The molecule has 102 valence electrons. The zero-order chi connectivity index (χ0) is 13.8. The molecular weight excluding hydrogens is 234 g/mol. The van der Waals surface area contributed by atoms with Crippen LogP contribution in [-0.4, -0.2) is 9.67 Å². The molecule has 2 aromatic rings. The zero-order valence-electron chi connectivity index (χ0n) is 12.1. The fourth-order valence-electron chi connectivity index (χ4n) is 2.31. The van der Waals surface area contributed by atoms with Gasteiger partial charge in [-0.05, 0) is 48.6 Å². The predicted molar refractivity (Wildman–Crippen MR) is 79.3 cm³/mol. The number of aryl methyl sites for hydroxylation is 2. The van der Waals surface area contributed by atoms with E-state index in [2.05, 4.69) is 49.7 Å². The molecule has 2 heteroatoms. The molecule has 0 bridgehead atoms. The summed E-state index contributed by atoms with van der Waals surface area (Å²) in [6.45, 7) is 7.23. The Kier molecular flexibility index (Phi) is 4.43. The van der Waals surface area contributed by atoms with E-state index >= 15 is 0 Å². The van der Waals surface area contributed by atoms with Crippen LogP contribution in [0.2, 0.25) is 0 Å². The highest BCUT2D eigenvalue weighted by atomic mass is 16.3. The van der Waals surface area contributed by atoms with Crippen LogP contribution in [0.15, 0.2) is 36.7 Å². The summed E-state index contributed by atoms with van der Waals surface area (Å²) in [5.74, 6) is 0. The zero-order valence-corrected chi connectivity index (χ0v) is 12.1. The van der Waals surface area contributed by atoms with E-state index < -0.39 is 0 Å². The van der Waals surface area contributed by atoms with Crippen LogP contribution in [0, 0.1) is 13.8 Å². The largest absolute Gasteiger partial charge is 0.388 e. The molecule has 1 atom stereocenters. The first-order chi connectivity index (χ1) is 9.10. The molecule has 0 radical (unpaired) electrons. The number of nitrogens with zero attached hydrogens (tertiary/aromatic N) is 1. The van der Waals surface area contributed by atoms with E-state index in [0.717, 1.165) is 24.9 Å². The van der Waals surface area contributed by atoms with Gasteiger partial charge in [-0.1, -0.05) is 31.5 Å². The van der Waals surface area contributed by atoms with Gasteiger partial charge in [0.15, 0.2) is 0 Å². The van der Waals surface area contributed by atoms with Gasteiger partial charge in [0, 0.05) is 18.9 Å². The Hall–Kier alpha value is -1.54. The highest BCUT2D eigenvalue weighted by Crippen LogP contribution is 2.19. The van der Waals surface area contributed by atoms with Crippen LogP contribution >= 0.6 is 0 Å².